The molecule has 0 saturated carbocycles. The first-order valence-electron chi connectivity index (χ1n) is 7.06. The highest BCUT2D eigenvalue weighted by Crippen LogP contribution is 2.28. The van der Waals surface area contributed by atoms with Gasteiger partial charge in [0.05, 0.1) is 17.4 Å². The number of rotatable bonds is 5. The lowest BCUT2D eigenvalue weighted by molar-refractivity contribution is 0.711. The number of aromatic nitrogens is 2. The van der Waals surface area contributed by atoms with E-state index >= 15 is 0 Å². The average molecular weight is 336 g/mol. The third kappa shape index (κ3) is 3.42. The number of hydrogen-bond donors (Lipinski definition) is 1. The lowest BCUT2D eigenvalue weighted by Gasteiger charge is -2.19. The van der Waals surface area contributed by atoms with Crippen LogP contribution in [0, 0.1) is 0 Å². The second kappa shape index (κ2) is 6.44. The summed E-state index contributed by atoms with van der Waals surface area (Å²) in [6, 6.07) is 8.82. The first kappa shape index (κ1) is 15.1. The molecule has 1 aromatic heterocycles. The summed E-state index contributed by atoms with van der Waals surface area (Å²) in [5.74, 6) is 0.418. The molecule has 2 aromatic rings. The highest BCUT2D eigenvalue weighted by molar-refractivity contribution is 9.10. The summed E-state index contributed by atoms with van der Waals surface area (Å²) in [5.41, 5.74) is 3.56. The number of benzene rings is 1. The molecule has 3 nitrogen and oxygen atoms in total. The highest BCUT2D eigenvalue weighted by atomic mass is 79.9. The van der Waals surface area contributed by atoms with E-state index in [-0.39, 0.29) is 0 Å². The normalized spacial score (nSPS) is 12.7. The zero-order valence-electron chi connectivity index (χ0n) is 12.5. The Balaban J connectivity index is 2.24. The van der Waals surface area contributed by atoms with Gasteiger partial charge in [0, 0.05) is 17.7 Å². The molecule has 0 aliphatic rings. The molecule has 1 unspecified atom stereocenters. The van der Waals surface area contributed by atoms with E-state index < -0.39 is 0 Å². The van der Waals surface area contributed by atoms with Gasteiger partial charge in [-0.3, -0.25) is 4.68 Å². The molecular weight excluding hydrogens is 314 g/mol. The lowest BCUT2D eigenvalue weighted by atomic mass is 10.0. The van der Waals surface area contributed by atoms with Crippen LogP contribution in [-0.4, -0.2) is 9.78 Å². The summed E-state index contributed by atoms with van der Waals surface area (Å²) in [4.78, 5) is 0. The largest absolute Gasteiger partial charge is 0.375 e. The molecule has 20 heavy (non-hydrogen) atoms. The number of aryl methyl sites for hydroxylation is 1. The molecule has 0 spiro atoms. The Bertz CT molecular complexity index is 558. The van der Waals surface area contributed by atoms with E-state index in [1.54, 1.807) is 0 Å². The summed E-state index contributed by atoms with van der Waals surface area (Å²) >= 11 is 3.48. The fraction of sp³-hybridized carbons (Fsp3) is 0.438. The van der Waals surface area contributed by atoms with Crippen molar-refractivity contribution in [3.63, 3.8) is 0 Å². The van der Waals surface area contributed by atoms with E-state index in [0.717, 1.165) is 22.3 Å². The quantitative estimate of drug-likeness (QED) is 0.844. The van der Waals surface area contributed by atoms with Crippen LogP contribution in [0.2, 0.25) is 0 Å². The van der Waals surface area contributed by atoms with Crippen LogP contribution in [0.25, 0.3) is 0 Å². The molecule has 0 aliphatic heterocycles. The third-order valence-corrected chi connectivity index (χ3v) is 3.94. The maximum absolute atomic E-state index is 4.55. The van der Waals surface area contributed by atoms with Gasteiger partial charge in [-0.1, -0.05) is 48.8 Å². The zero-order chi connectivity index (χ0) is 14.7. The Hall–Kier alpha value is -1.29. The fourth-order valence-electron chi connectivity index (χ4n) is 2.35. The number of halogens is 1. The Kier molecular flexibility index (Phi) is 4.86. The standard InChI is InChI=1S/C16H22BrN3/c1-5-14(12-6-8-13(17)9-7-12)18-15-10-20(4)19-16(15)11(2)3/h6-11,14,18H,5H2,1-4H3. The number of hydrogen-bond acceptors (Lipinski definition) is 2. The van der Waals surface area contributed by atoms with Crippen LogP contribution in [0.3, 0.4) is 0 Å². The number of nitrogens with one attached hydrogen (secondary N) is 1. The van der Waals surface area contributed by atoms with Crippen molar-refractivity contribution in [1.82, 2.24) is 9.78 Å². The minimum atomic E-state index is 0.310. The zero-order valence-corrected chi connectivity index (χ0v) is 14.1. The molecule has 1 heterocycles. The third-order valence-electron chi connectivity index (χ3n) is 3.41. The van der Waals surface area contributed by atoms with Crippen molar-refractivity contribution in [1.29, 1.82) is 0 Å². The van der Waals surface area contributed by atoms with Gasteiger partial charge in [-0.05, 0) is 30.0 Å². The number of anilines is 1. The molecule has 0 aliphatic carbocycles. The van der Waals surface area contributed by atoms with E-state index in [1.807, 2.05) is 11.7 Å². The predicted molar refractivity (Wildman–Crippen MR) is 88.1 cm³/mol. The minimum absolute atomic E-state index is 0.310. The number of nitrogens with zero attached hydrogens (tertiary/aromatic N) is 2. The molecule has 0 fully saturated rings. The fourth-order valence-corrected chi connectivity index (χ4v) is 2.61. The van der Waals surface area contributed by atoms with Crippen LogP contribution in [0.1, 0.15) is 50.4 Å². The van der Waals surface area contributed by atoms with Crippen LogP contribution in [0.15, 0.2) is 34.9 Å². The average Bonchev–Trinajstić information content (AvgIpc) is 2.78. The highest BCUT2D eigenvalue weighted by Gasteiger charge is 2.15. The van der Waals surface area contributed by atoms with E-state index in [9.17, 15) is 0 Å². The molecule has 0 saturated heterocycles. The van der Waals surface area contributed by atoms with Crippen molar-refractivity contribution in [2.45, 2.75) is 39.2 Å². The van der Waals surface area contributed by atoms with Crippen LogP contribution in [-0.2, 0) is 7.05 Å². The van der Waals surface area contributed by atoms with Gasteiger partial charge in [-0.25, -0.2) is 0 Å². The van der Waals surface area contributed by atoms with Gasteiger partial charge in [-0.15, -0.1) is 0 Å². The van der Waals surface area contributed by atoms with Crippen molar-refractivity contribution in [2.75, 3.05) is 5.32 Å². The predicted octanol–water partition coefficient (Wildman–Crippen LogP) is 4.87. The summed E-state index contributed by atoms with van der Waals surface area (Å²) in [6.45, 7) is 6.55. The minimum Gasteiger partial charge on any atom is -0.375 e. The molecule has 2 rings (SSSR count). The van der Waals surface area contributed by atoms with Crippen molar-refractivity contribution >= 4 is 21.6 Å². The van der Waals surface area contributed by atoms with Gasteiger partial charge < -0.3 is 5.32 Å². The molecule has 1 N–H and O–H groups in total. The van der Waals surface area contributed by atoms with Crippen LogP contribution in [0.4, 0.5) is 5.69 Å². The van der Waals surface area contributed by atoms with Crippen LogP contribution in [0.5, 0.6) is 0 Å². The monoisotopic (exact) mass is 335 g/mol. The van der Waals surface area contributed by atoms with Crippen LogP contribution >= 0.6 is 15.9 Å². The molecule has 1 atom stereocenters. The summed E-state index contributed by atoms with van der Waals surface area (Å²) < 4.78 is 2.99. The molecule has 0 radical (unpaired) electrons. The Morgan fingerprint density at radius 3 is 2.45 bits per heavy atom. The van der Waals surface area contributed by atoms with Crippen molar-refractivity contribution in [3.05, 3.63) is 46.2 Å². The molecule has 4 heteroatoms. The van der Waals surface area contributed by atoms with Crippen LogP contribution < -0.4 is 5.32 Å². The van der Waals surface area contributed by atoms with Crippen molar-refractivity contribution in [3.8, 4) is 0 Å². The maximum Gasteiger partial charge on any atom is 0.0881 e. The SMILES string of the molecule is CCC(Nc1cn(C)nc1C(C)C)c1ccc(Br)cc1. The van der Waals surface area contributed by atoms with E-state index in [4.69, 9.17) is 0 Å². The van der Waals surface area contributed by atoms with Gasteiger partial charge >= 0.3 is 0 Å². The molecular formula is C16H22BrN3. The first-order chi connectivity index (χ1) is 9.51. The van der Waals surface area contributed by atoms with Gasteiger partial charge in [0.15, 0.2) is 0 Å². The molecule has 0 bridgehead atoms. The Labute approximate surface area is 129 Å². The van der Waals surface area contributed by atoms with Gasteiger partial charge in [0.25, 0.3) is 0 Å². The van der Waals surface area contributed by atoms with E-state index in [0.29, 0.717) is 12.0 Å². The van der Waals surface area contributed by atoms with E-state index in [1.165, 1.54) is 5.56 Å². The second-order valence-corrected chi connectivity index (χ2v) is 6.33. The summed E-state index contributed by atoms with van der Waals surface area (Å²) in [6.07, 6.45) is 3.10. The Morgan fingerprint density at radius 1 is 1.25 bits per heavy atom. The van der Waals surface area contributed by atoms with Gasteiger partial charge in [0.2, 0.25) is 0 Å². The second-order valence-electron chi connectivity index (χ2n) is 5.41. The topological polar surface area (TPSA) is 29.9 Å². The van der Waals surface area contributed by atoms with Crippen molar-refractivity contribution < 1.29 is 0 Å². The van der Waals surface area contributed by atoms with Gasteiger partial charge in [0.1, 0.15) is 0 Å². The smallest absolute Gasteiger partial charge is 0.0881 e. The molecule has 1 aromatic carbocycles. The maximum atomic E-state index is 4.55. The van der Waals surface area contributed by atoms with E-state index in [2.05, 4.69) is 77.6 Å². The lowest BCUT2D eigenvalue weighted by Crippen LogP contribution is -2.10. The summed E-state index contributed by atoms with van der Waals surface area (Å²) in [5, 5.41) is 8.19. The molecule has 108 valence electrons. The van der Waals surface area contributed by atoms with Crippen molar-refractivity contribution in [2.24, 2.45) is 7.05 Å². The summed E-state index contributed by atoms with van der Waals surface area (Å²) in [7, 11) is 1.97. The van der Waals surface area contributed by atoms with Gasteiger partial charge in [-0.2, -0.15) is 5.10 Å². The first-order valence-corrected chi connectivity index (χ1v) is 7.86. The molecule has 0 amide bonds. The Morgan fingerprint density at radius 2 is 1.90 bits per heavy atom.